The average Bonchev–Trinajstić information content (AvgIpc) is 3.02. The summed E-state index contributed by atoms with van der Waals surface area (Å²) in [4.78, 5) is 13.7. The van der Waals surface area contributed by atoms with Crippen molar-refractivity contribution >= 4 is 5.97 Å². The molecule has 16 heavy (non-hydrogen) atoms. The van der Waals surface area contributed by atoms with E-state index in [4.69, 9.17) is 4.74 Å². The largest absolute Gasteiger partial charge is 0.468 e. The van der Waals surface area contributed by atoms with Gasteiger partial charge in [-0.3, -0.25) is 9.69 Å². The Labute approximate surface area is 96.0 Å². The minimum atomic E-state index is -0.109. The maximum Gasteiger partial charge on any atom is 0.324 e. The number of rotatable bonds is 4. The first-order valence-electron chi connectivity index (χ1n) is 5.65. The second-order valence-electron chi connectivity index (χ2n) is 4.10. The lowest BCUT2D eigenvalue weighted by atomic mass is 10.2. The van der Waals surface area contributed by atoms with Crippen LogP contribution in [0.15, 0.2) is 30.3 Å². The zero-order valence-electron chi connectivity index (χ0n) is 9.72. The molecule has 3 nitrogen and oxygen atoms in total. The van der Waals surface area contributed by atoms with Crippen molar-refractivity contribution in [2.75, 3.05) is 7.11 Å². The van der Waals surface area contributed by atoms with Gasteiger partial charge in [-0.1, -0.05) is 37.3 Å². The Balaban J connectivity index is 1.99. The summed E-state index contributed by atoms with van der Waals surface area (Å²) < 4.78 is 4.79. The number of ether oxygens (including phenoxy) is 1. The first-order chi connectivity index (χ1) is 7.77. The first kappa shape index (κ1) is 11.1. The molecule has 0 spiro atoms. The second-order valence-corrected chi connectivity index (χ2v) is 4.10. The number of esters is 1. The fraction of sp³-hybridized carbons (Fsp3) is 0.462. The number of carbonyl (C=O) groups is 1. The van der Waals surface area contributed by atoms with E-state index in [0.29, 0.717) is 6.04 Å². The molecule has 1 saturated heterocycles. The summed E-state index contributed by atoms with van der Waals surface area (Å²) in [5.41, 5.74) is 1.24. The molecule has 1 heterocycles. The van der Waals surface area contributed by atoms with Crippen molar-refractivity contribution in [1.82, 2.24) is 4.90 Å². The first-order valence-corrected chi connectivity index (χ1v) is 5.65. The maximum absolute atomic E-state index is 11.5. The highest BCUT2D eigenvalue weighted by Crippen LogP contribution is 2.33. The van der Waals surface area contributed by atoms with Crippen molar-refractivity contribution in [3.63, 3.8) is 0 Å². The minimum Gasteiger partial charge on any atom is -0.468 e. The lowest BCUT2D eigenvalue weighted by Crippen LogP contribution is -2.14. The van der Waals surface area contributed by atoms with E-state index in [1.54, 1.807) is 0 Å². The predicted octanol–water partition coefficient (Wildman–Crippen LogP) is 1.82. The summed E-state index contributed by atoms with van der Waals surface area (Å²) in [5, 5.41) is 0. The number of hydrogen-bond acceptors (Lipinski definition) is 3. The van der Waals surface area contributed by atoms with Crippen LogP contribution in [0.4, 0.5) is 0 Å². The van der Waals surface area contributed by atoms with E-state index in [-0.39, 0.29) is 12.0 Å². The molecule has 0 aromatic heterocycles. The van der Waals surface area contributed by atoms with Gasteiger partial charge in [0.05, 0.1) is 7.11 Å². The van der Waals surface area contributed by atoms with Crippen molar-refractivity contribution < 1.29 is 9.53 Å². The Bertz CT molecular complexity index is 363. The zero-order valence-corrected chi connectivity index (χ0v) is 9.72. The second kappa shape index (κ2) is 4.66. The predicted molar refractivity (Wildman–Crippen MR) is 61.9 cm³/mol. The number of carbonyl (C=O) groups excluding carboxylic acids is 1. The minimum absolute atomic E-state index is 0.0322. The molecular weight excluding hydrogens is 202 g/mol. The Hall–Kier alpha value is -1.35. The van der Waals surface area contributed by atoms with E-state index in [1.807, 2.05) is 18.2 Å². The Morgan fingerprint density at radius 2 is 2.06 bits per heavy atom. The van der Waals surface area contributed by atoms with Crippen LogP contribution in [0, 0.1) is 0 Å². The molecular formula is C13H17NO2. The highest BCUT2D eigenvalue weighted by atomic mass is 16.5. The average molecular weight is 219 g/mol. The molecule has 2 rings (SSSR count). The van der Waals surface area contributed by atoms with E-state index < -0.39 is 0 Å². The van der Waals surface area contributed by atoms with Crippen LogP contribution in [-0.2, 0) is 16.1 Å². The molecule has 0 bridgehead atoms. The number of benzene rings is 1. The van der Waals surface area contributed by atoms with Gasteiger partial charge < -0.3 is 4.74 Å². The molecule has 1 fully saturated rings. The van der Waals surface area contributed by atoms with Crippen molar-refractivity contribution in [3.8, 4) is 0 Å². The van der Waals surface area contributed by atoms with Crippen molar-refractivity contribution in [3.05, 3.63) is 35.9 Å². The van der Waals surface area contributed by atoms with Gasteiger partial charge in [0.15, 0.2) is 0 Å². The summed E-state index contributed by atoms with van der Waals surface area (Å²) in [6.45, 7) is 2.94. The molecule has 86 valence electrons. The molecule has 0 N–H and O–H groups in total. The fourth-order valence-electron chi connectivity index (χ4n) is 2.21. The summed E-state index contributed by atoms with van der Waals surface area (Å²) in [5.74, 6) is -0.109. The van der Waals surface area contributed by atoms with E-state index in [9.17, 15) is 4.79 Å². The molecule has 0 saturated carbocycles. The van der Waals surface area contributed by atoms with Crippen molar-refractivity contribution in [1.29, 1.82) is 0 Å². The van der Waals surface area contributed by atoms with E-state index >= 15 is 0 Å². The number of hydrogen-bond donors (Lipinski definition) is 0. The molecule has 1 aromatic rings. The number of methoxy groups -OCH3 is 1. The summed E-state index contributed by atoms with van der Waals surface area (Å²) in [6, 6.07) is 10.5. The molecule has 1 unspecified atom stereocenters. The van der Waals surface area contributed by atoms with Crippen LogP contribution >= 0.6 is 0 Å². The van der Waals surface area contributed by atoms with Crippen LogP contribution in [0.2, 0.25) is 0 Å². The normalized spacial score (nSPS) is 27.5. The Morgan fingerprint density at radius 3 is 2.62 bits per heavy atom. The zero-order chi connectivity index (χ0) is 11.5. The quantitative estimate of drug-likeness (QED) is 0.571. The van der Waals surface area contributed by atoms with Crippen LogP contribution in [0.3, 0.4) is 0 Å². The molecule has 1 aliphatic rings. The Kier molecular flexibility index (Phi) is 3.25. The third-order valence-electron chi connectivity index (χ3n) is 3.13. The lowest BCUT2D eigenvalue weighted by Gasteiger charge is -2.03. The third-order valence-corrected chi connectivity index (χ3v) is 3.13. The van der Waals surface area contributed by atoms with Crippen LogP contribution in [0.1, 0.15) is 18.9 Å². The molecule has 3 heteroatoms. The summed E-state index contributed by atoms with van der Waals surface area (Å²) in [6.07, 6.45) is 0.993. The van der Waals surface area contributed by atoms with Gasteiger partial charge in [-0.05, 0) is 12.0 Å². The summed E-state index contributed by atoms with van der Waals surface area (Å²) >= 11 is 0. The van der Waals surface area contributed by atoms with Gasteiger partial charge in [0.25, 0.3) is 0 Å². The van der Waals surface area contributed by atoms with Gasteiger partial charge in [-0.25, -0.2) is 0 Å². The Morgan fingerprint density at radius 1 is 1.38 bits per heavy atom. The van der Waals surface area contributed by atoms with E-state index in [1.165, 1.54) is 12.7 Å². The molecule has 0 amide bonds. The molecule has 0 aliphatic carbocycles. The highest BCUT2D eigenvalue weighted by Gasteiger charge is 2.51. The monoisotopic (exact) mass is 219 g/mol. The maximum atomic E-state index is 11.5. The topological polar surface area (TPSA) is 29.3 Å². The van der Waals surface area contributed by atoms with Gasteiger partial charge >= 0.3 is 5.97 Å². The van der Waals surface area contributed by atoms with Gasteiger partial charge in [0.1, 0.15) is 6.04 Å². The lowest BCUT2D eigenvalue weighted by molar-refractivity contribution is -0.141. The van der Waals surface area contributed by atoms with Gasteiger partial charge in [-0.15, -0.1) is 0 Å². The fourth-order valence-corrected chi connectivity index (χ4v) is 2.21. The number of nitrogens with zero attached hydrogens (tertiary/aromatic N) is 1. The van der Waals surface area contributed by atoms with Crippen molar-refractivity contribution in [2.24, 2.45) is 0 Å². The van der Waals surface area contributed by atoms with Gasteiger partial charge in [0.2, 0.25) is 0 Å². The van der Waals surface area contributed by atoms with E-state index in [0.717, 1.165) is 13.0 Å². The standard InChI is InChI=1S/C13H17NO2/c1-3-11-12(13(15)16-2)14(11)9-10-7-5-4-6-8-10/h4-8,11-12H,3,9H2,1-2H3/t11-,12-,14?/m1/s1. The smallest absolute Gasteiger partial charge is 0.324 e. The van der Waals surface area contributed by atoms with Crippen LogP contribution < -0.4 is 0 Å². The molecule has 1 aromatic carbocycles. The molecule has 1 aliphatic heterocycles. The third kappa shape index (κ3) is 2.09. The van der Waals surface area contributed by atoms with Crippen LogP contribution in [-0.4, -0.2) is 30.1 Å². The van der Waals surface area contributed by atoms with E-state index in [2.05, 4.69) is 24.0 Å². The van der Waals surface area contributed by atoms with Crippen LogP contribution in [0.25, 0.3) is 0 Å². The van der Waals surface area contributed by atoms with Gasteiger partial charge in [-0.2, -0.15) is 0 Å². The summed E-state index contributed by atoms with van der Waals surface area (Å²) in [7, 11) is 1.45. The highest BCUT2D eigenvalue weighted by molar-refractivity contribution is 5.80. The molecule has 3 atom stereocenters. The van der Waals surface area contributed by atoms with Crippen LogP contribution in [0.5, 0.6) is 0 Å². The molecule has 0 radical (unpaired) electrons. The van der Waals surface area contributed by atoms with Gasteiger partial charge in [0, 0.05) is 12.6 Å². The SMILES string of the molecule is CC[C@@H]1[C@H](C(=O)OC)N1Cc1ccccc1. The van der Waals surface area contributed by atoms with Crippen molar-refractivity contribution in [2.45, 2.75) is 32.0 Å².